The fourth-order valence-corrected chi connectivity index (χ4v) is 8.32. The monoisotopic (exact) mass is 416 g/mol. The summed E-state index contributed by atoms with van der Waals surface area (Å²) < 4.78 is 17.8. The number of rotatable bonds is 4. The maximum absolute atomic E-state index is 13.0. The van der Waals surface area contributed by atoms with Crippen LogP contribution in [0.1, 0.15) is 65.2 Å². The van der Waals surface area contributed by atoms with Crippen molar-refractivity contribution in [3.8, 4) is 0 Å². The molecule has 2 bridgehead atoms. The van der Waals surface area contributed by atoms with Gasteiger partial charge in [-0.05, 0) is 62.4 Å². The Kier molecular flexibility index (Phi) is 4.57. The number of fused-ring (bicyclic) bond motifs is 1. The summed E-state index contributed by atoms with van der Waals surface area (Å²) in [5, 5.41) is 0. The van der Waals surface area contributed by atoms with Crippen LogP contribution in [-0.2, 0) is 28.6 Å². The second-order valence-corrected chi connectivity index (χ2v) is 10.3. The number of carbonyl (C=O) groups is 3. The quantitative estimate of drug-likeness (QED) is 0.654. The minimum atomic E-state index is -0.409. The Balaban J connectivity index is 1.50. The van der Waals surface area contributed by atoms with E-state index in [2.05, 4.69) is 6.92 Å². The van der Waals surface area contributed by atoms with Gasteiger partial charge in [-0.15, -0.1) is 0 Å². The summed E-state index contributed by atoms with van der Waals surface area (Å²) in [6.07, 6.45) is 8.41. The van der Waals surface area contributed by atoms with Gasteiger partial charge in [-0.2, -0.15) is 0 Å². The summed E-state index contributed by atoms with van der Waals surface area (Å²) in [6, 6.07) is 0. The molecule has 0 radical (unpaired) electrons. The van der Waals surface area contributed by atoms with Crippen LogP contribution in [0.5, 0.6) is 0 Å². The fourth-order valence-electron chi connectivity index (χ4n) is 8.32. The van der Waals surface area contributed by atoms with Gasteiger partial charge in [0.2, 0.25) is 0 Å². The van der Waals surface area contributed by atoms with Gasteiger partial charge in [0, 0.05) is 37.7 Å². The summed E-state index contributed by atoms with van der Waals surface area (Å²) >= 11 is 0. The van der Waals surface area contributed by atoms with Gasteiger partial charge in [-0.1, -0.05) is 12.5 Å². The minimum absolute atomic E-state index is 0.0423. The van der Waals surface area contributed by atoms with Crippen molar-refractivity contribution in [1.82, 2.24) is 0 Å². The number of Topliss-reactive ketones (excluding diaryl/α,β-unsaturated/α-hetero) is 1. The van der Waals surface area contributed by atoms with Crippen LogP contribution in [-0.4, -0.2) is 43.1 Å². The van der Waals surface area contributed by atoms with E-state index in [0.29, 0.717) is 12.3 Å². The first-order valence-electron chi connectivity index (χ1n) is 11.4. The van der Waals surface area contributed by atoms with E-state index in [0.717, 1.165) is 44.9 Å². The first-order valence-corrected chi connectivity index (χ1v) is 11.4. The van der Waals surface area contributed by atoms with Crippen LogP contribution in [0, 0.1) is 28.6 Å². The third kappa shape index (κ3) is 2.46. The first kappa shape index (κ1) is 20.4. The summed E-state index contributed by atoms with van der Waals surface area (Å²) in [7, 11) is 1.72. The van der Waals surface area contributed by atoms with Gasteiger partial charge in [0.25, 0.3) is 0 Å². The summed E-state index contributed by atoms with van der Waals surface area (Å²) in [5.74, 6) is 0.383. The van der Waals surface area contributed by atoms with E-state index in [-0.39, 0.29) is 52.7 Å². The largest absolute Gasteiger partial charge is 0.458 e. The number of ether oxygens (including phenoxy) is 3. The molecule has 6 heteroatoms. The van der Waals surface area contributed by atoms with Crippen LogP contribution >= 0.6 is 0 Å². The number of hydrogen-bond donors (Lipinski definition) is 0. The molecule has 5 aliphatic rings. The maximum atomic E-state index is 13.0. The number of hydrogen-bond acceptors (Lipinski definition) is 6. The highest BCUT2D eigenvalue weighted by molar-refractivity contribution is 5.92. The Hall–Kier alpha value is -1.53. The van der Waals surface area contributed by atoms with Gasteiger partial charge in [0.1, 0.15) is 6.61 Å². The molecular formula is C24H32O6. The highest BCUT2D eigenvalue weighted by Gasteiger charge is 2.74. The van der Waals surface area contributed by atoms with Gasteiger partial charge in [0.05, 0.1) is 5.60 Å². The van der Waals surface area contributed by atoms with Crippen molar-refractivity contribution < 1.29 is 28.6 Å². The van der Waals surface area contributed by atoms with E-state index in [4.69, 9.17) is 14.2 Å². The third-order valence-corrected chi connectivity index (χ3v) is 9.38. The maximum Gasteiger partial charge on any atom is 0.303 e. The van der Waals surface area contributed by atoms with Crippen molar-refractivity contribution in [2.45, 2.75) is 77.1 Å². The molecule has 4 fully saturated rings. The first-order chi connectivity index (χ1) is 14.3. The Bertz CT molecular complexity index is 832. The Morgan fingerprint density at radius 3 is 2.67 bits per heavy atom. The van der Waals surface area contributed by atoms with Gasteiger partial charge >= 0.3 is 5.97 Å². The second-order valence-electron chi connectivity index (χ2n) is 10.3. The number of carbonyl (C=O) groups excluding carboxylic acids is 3. The number of ketones is 2. The molecule has 5 rings (SSSR count). The molecule has 7 atom stereocenters. The lowest BCUT2D eigenvalue weighted by Crippen LogP contribution is -2.59. The SMILES string of the molecule is CO[C@@H]1O[C@@]23CCC4=CC(=O)CC[C@]41[C@H]2CC[C@]1(C)[C@@H](C(=O)COC(C)=O)CC[C@H]13. The molecule has 1 heterocycles. The zero-order valence-electron chi connectivity index (χ0n) is 18.2. The highest BCUT2D eigenvalue weighted by atomic mass is 16.7. The average molecular weight is 417 g/mol. The van der Waals surface area contributed by atoms with Crippen molar-refractivity contribution >= 4 is 17.5 Å². The molecule has 0 amide bonds. The normalized spacial score (nSPS) is 46.5. The molecule has 30 heavy (non-hydrogen) atoms. The molecule has 1 aliphatic heterocycles. The fraction of sp³-hybridized carbons (Fsp3) is 0.792. The van der Waals surface area contributed by atoms with Crippen LogP contribution in [0.2, 0.25) is 0 Å². The van der Waals surface area contributed by atoms with Gasteiger partial charge in [0.15, 0.2) is 17.9 Å². The summed E-state index contributed by atoms with van der Waals surface area (Å²) in [5.41, 5.74) is 0.598. The Morgan fingerprint density at radius 1 is 1.13 bits per heavy atom. The van der Waals surface area contributed by atoms with Crippen LogP contribution in [0.25, 0.3) is 0 Å². The molecule has 164 valence electrons. The zero-order chi connectivity index (χ0) is 21.3. The van der Waals surface area contributed by atoms with Gasteiger partial charge in [-0.3, -0.25) is 14.4 Å². The van der Waals surface area contributed by atoms with Crippen molar-refractivity contribution in [3.05, 3.63) is 11.6 Å². The Labute approximate surface area is 177 Å². The predicted molar refractivity (Wildman–Crippen MR) is 107 cm³/mol. The molecule has 3 saturated carbocycles. The topological polar surface area (TPSA) is 78.9 Å². The molecule has 0 aromatic carbocycles. The second kappa shape index (κ2) is 6.73. The van der Waals surface area contributed by atoms with Gasteiger partial charge in [-0.25, -0.2) is 0 Å². The van der Waals surface area contributed by atoms with E-state index in [1.807, 2.05) is 6.08 Å². The molecular weight excluding hydrogens is 384 g/mol. The van der Waals surface area contributed by atoms with Crippen LogP contribution in [0.4, 0.5) is 0 Å². The van der Waals surface area contributed by atoms with E-state index < -0.39 is 5.97 Å². The smallest absolute Gasteiger partial charge is 0.303 e. The minimum Gasteiger partial charge on any atom is -0.458 e. The summed E-state index contributed by atoms with van der Waals surface area (Å²) in [4.78, 5) is 36.3. The van der Waals surface area contributed by atoms with Crippen molar-refractivity contribution in [3.63, 3.8) is 0 Å². The molecule has 1 saturated heterocycles. The van der Waals surface area contributed by atoms with Crippen molar-refractivity contribution in [2.75, 3.05) is 13.7 Å². The third-order valence-electron chi connectivity index (χ3n) is 9.38. The van der Waals surface area contributed by atoms with Gasteiger partial charge < -0.3 is 14.2 Å². The number of esters is 1. The molecule has 6 nitrogen and oxygen atoms in total. The number of methoxy groups -OCH3 is 1. The van der Waals surface area contributed by atoms with Crippen LogP contribution in [0.15, 0.2) is 11.6 Å². The van der Waals surface area contributed by atoms with Crippen LogP contribution in [0.3, 0.4) is 0 Å². The lowest BCUT2D eigenvalue weighted by Gasteiger charge is -2.58. The average Bonchev–Trinajstić information content (AvgIpc) is 3.16. The lowest BCUT2D eigenvalue weighted by atomic mass is 9.45. The predicted octanol–water partition coefficient (Wildman–Crippen LogP) is 3.37. The molecule has 4 aliphatic carbocycles. The van der Waals surface area contributed by atoms with Crippen LogP contribution < -0.4 is 0 Å². The molecule has 0 unspecified atom stereocenters. The van der Waals surface area contributed by atoms with E-state index in [1.54, 1.807) is 7.11 Å². The van der Waals surface area contributed by atoms with Crippen molar-refractivity contribution in [1.29, 1.82) is 0 Å². The van der Waals surface area contributed by atoms with E-state index in [9.17, 15) is 14.4 Å². The summed E-state index contributed by atoms with van der Waals surface area (Å²) in [6.45, 7) is 3.46. The molecule has 0 N–H and O–H groups in total. The van der Waals surface area contributed by atoms with E-state index >= 15 is 0 Å². The zero-order valence-corrected chi connectivity index (χ0v) is 18.2. The van der Waals surface area contributed by atoms with Crippen molar-refractivity contribution in [2.24, 2.45) is 28.6 Å². The highest BCUT2D eigenvalue weighted by Crippen LogP contribution is 2.74. The molecule has 1 spiro atoms. The Morgan fingerprint density at radius 2 is 1.93 bits per heavy atom. The van der Waals surface area contributed by atoms with E-state index in [1.165, 1.54) is 12.5 Å². The lowest BCUT2D eigenvalue weighted by molar-refractivity contribution is -0.209. The standard InChI is InChI=1S/C24H32O6/c1-14(25)29-13-18(27)17-4-5-19-22(17,2)9-8-20-23-10-7-16(26)12-15(23)6-11-24(19,20)30-21(23)28-3/h12,17,19-21H,4-11,13H2,1-3H3/t17-,19-,20-,21-,22-,23-,24-/m1/s1. The molecule has 0 aromatic rings. The molecule has 0 aromatic heterocycles.